The smallest absolute Gasteiger partial charge is 0.254 e. The van der Waals surface area contributed by atoms with Crippen LogP contribution in [0.2, 0.25) is 0 Å². The van der Waals surface area contributed by atoms with Crippen LogP contribution in [-0.2, 0) is 6.54 Å². The molecule has 2 aromatic rings. The molecule has 1 fully saturated rings. The molecule has 2 heterocycles. The van der Waals surface area contributed by atoms with Crippen molar-refractivity contribution < 1.29 is 18.7 Å². The maximum absolute atomic E-state index is 12.7. The highest BCUT2D eigenvalue weighted by Crippen LogP contribution is 2.28. The van der Waals surface area contributed by atoms with Gasteiger partial charge in [0, 0.05) is 31.7 Å². The molecule has 0 aliphatic carbocycles. The van der Waals surface area contributed by atoms with E-state index in [1.165, 1.54) is 0 Å². The van der Waals surface area contributed by atoms with E-state index in [1.807, 2.05) is 17.0 Å². The van der Waals surface area contributed by atoms with Gasteiger partial charge in [0.25, 0.3) is 5.91 Å². The molecule has 0 bridgehead atoms. The van der Waals surface area contributed by atoms with Crippen LogP contribution >= 0.6 is 0 Å². The van der Waals surface area contributed by atoms with Gasteiger partial charge >= 0.3 is 0 Å². The van der Waals surface area contributed by atoms with Gasteiger partial charge in [-0.3, -0.25) is 9.69 Å². The summed E-state index contributed by atoms with van der Waals surface area (Å²) in [5, 5.41) is 0. The minimum Gasteiger partial charge on any atom is -0.493 e. The van der Waals surface area contributed by atoms with Crippen LogP contribution in [-0.4, -0.2) is 56.1 Å². The van der Waals surface area contributed by atoms with E-state index in [-0.39, 0.29) is 5.91 Å². The third kappa shape index (κ3) is 3.54. The number of amides is 1. The number of furan rings is 1. The Labute approximate surface area is 141 Å². The highest BCUT2D eigenvalue weighted by atomic mass is 16.5. The fraction of sp³-hybridized carbons (Fsp3) is 0.389. The van der Waals surface area contributed by atoms with E-state index < -0.39 is 0 Å². The molecule has 6 heteroatoms. The molecule has 1 aliphatic rings. The zero-order chi connectivity index (χ0) is 16.9. The minimum absolute atomic E-state index is 0.0219. The number of carbonyl (C=O) groups is 1. The number of piperazine rings is 1. The molecule has 128 valence electrons. The molecule has 1 saturated heterocycles. The molecule has 3 rings (SSSR count). The molecular formula is C18H22N2O4. The van der Waals surface area contributed by atoms with E-state index >= 15 is 0 Å². The first-order valence-corrected chi connectivity index (χ1v) is 7.97. The Hall–Kier alpha value is -2.47. The van der Waals surface area contributed by atoms with Crippen molar-refractivity contribution in [1.82, 2.24) is 9.80 Å². The molecule has 0 spiro atoms. The van der Waals surface area contributed by atoms with Gasteiger partial charge in [-0.1, -0.05) is 0 Å². The van der Waals surface area contributed by atoms with Crippen molar-refractivity contribution in [3.63, 3.8) is 0 Å². The summed E-state index contributed by atoms with van der Waals surface area (Å²) in [7, 11) is 3.15. The van der Waals surface area contributed by atoms with Crippen LogP contribution in [0, 0.1) is 0 Å². The van der Waals surface area contributed by atoms with Gasteiger partial charge in [-0.25, -0.2) is 0 Å². The number of ether oxygens (including phenoxy) is 2. The first kappa shape index (κ1) is 16.4. The van der Waals surface area contributed by atoms with Gasteiger partial charge in [0.2, 0.25) is 0 Å². The second kappa shape index (κ2) is 7.40. The number of methoxy groups -OCH3 is 2. The van der Waals surface area contributed by atoms with Crippen molar-refractivity contribution >= 4 is 5.91 Å². The lowest BCUT2D eigenvalue weighted by atomic mass is 10.1. The minimum atomic E-state index is 0.0219. The van der Waals surface area contributed by atoms with Crippen molar-refractivity contribution in [2.75, 3.05) is 40.4 Å². The third-order valence-electron chi connectivity index (χ3n) is 4.25. The Morgan fingerprint density at radius 1 is 1.08 bits per heavy atom. The number of benzene rings is 1. The Bertz CT molecular complexity index is 676. The maximum atomic E-state index is 12.7. The van der Waals surface area contributed by atoms with Gasteiger partial charge in [-0.15, -0.1) is 0 Å². The fourth-order valence-corrected chi connectivity index (χ4v) is 2.88. The molecule has 1 amide bonds. The molecule has 0 radical (unpaired) electrons. The summed E-state index contributed by atoms with van der Waals surface area (Å²) in [6, 6.07) is 9.14. The van der Waals surface area contributed by atoms with E-state index in [0.717, 1.165) is 25.4 Å². The van der Waals surface area contributed by atoms with Gasteiger partial charge in [0.15, 0.2) is 11.5 Å². The SMILES string of the molecule is COc1ccc(C(=O)N2CCN(Cc3ccco3)CC2)cc1OC. The van der Waals surface area contributed by atoms with Gasteiger partial charge in [0.1, 0.15) is 5.76 Å². The van der Waals surface area contributed by atoms with Crippen LogP contribution in [0.5, 0.6) is 11.5 Å². The lowest BCUT2D eigenvalue weighted by Gasteiger charge is -2.34. The van der Waals surface area contributed by atoms with Crippen molar-refractivity contribution in [2.24, 2.45) is 0 Å². The maximum Gasteiger partial charge on any atom is 0.254 e. The molecule has 0 saturated carbocycles. The standard InChI is InChI=1S/C18H22N2O4/c1-22-16-6-5-14(12-17(16)23-2)18(21)20-9-7-19(8-10-20)13-15-4-3-11-24-15/h3-6,11-12H,7-10,13H2,1-2H3. The average molecular weight is 330 g/mol. The van der Waals surface area contributed by atoms with Crippen molar-refractivity contribution in [1.29, 1.82) is 0 Å². The summed E-state index contributed by atoms with van der Waals surface area (Å²) in [6.45, 7) is 3.85. The Morgan fingerprint density at radius 3 is 2.46 bits per heavy atom. The number of rotatable bonds is 5. The lowest BCUT2D eigenvalue weighted by Crippen LogP contribution is -2.48. The molecule has 0 atom stereocenters. The molecule has 0 unspecified atom stereocenters. The fourth-order valence-electron chi connectivity index (χ4n) is 2.88. The summed E-state index contributed by atoms with van der Waals surface area (Å²) in [5.74, 6) is 2.17. The van der Waals surface area contributed by atoms with Crippen LogP contribution in [0.1, 0.15) is 16.1 Å². The number of hydrogen-bond acceptors (Lipinski definition) is 5. The zero-order valence-electron chi connectivity index (χ0n) is 14.0. The van der Waals surface area contributed by atoms with Crippen molar-refractivity contribution in [3.05, 3.63) is 47.9 Å². The molecule has 1 aromatic carbocycles. The Kier molecular flexibility index (Phi) is 5.05. The zero-order valence-corrected chi connectivity index (χ0v) is 14.0. The van der Waals surface area contributed by atoms with Crippen molar-refractivity contribution in [3.8, 4) is 11.5 Å². The summed E-state index contributed by atoms with van der Waals surface area (Å²) >= 11 is 0. The summed E-state index contributed by atoms with van der Waals surface area (Å²) in [4.78, 5) is 16.8. The number of nitrogens with zero attached hydrogens (tertiary/aromatic N) is 2. The monoisotopic (exact) mass is 330 g/mol. The van der Waals surface area contributed by atoms with E-state index in [1.54, 1.807) is 38.7 Å². The van der Waals surface area contributed by atoms with E-state index in [4.69, 9.17) is 13.9 Å². The van der Waals surface area contributed by atoms with Crippen LogP contribution in [0.25, 0.3) is 0 Å². The molecule has 0 N–H and O–H groups in total. The Morgan fingerprint density at radius 2 is 1.83 bits per heavy atom. The Balaban J connectivity index is 1.60. The van der Waals surface area contributed by atoms with Crippen LogP contribution in [0.4, 0.5) is 0 Å². The molecule has 1 aliphatic heterocycles. The van der Waals surface area contributed by atoms with Gasteiger partial charge < -0.3 is 18.8 Å². The van der Waals surface area contributed by atoms with Crippen LogP contribution in [0.15, 0.2) is 41.0 Å². The third-order valence-corrected chi connectivity index (χ3v) is 4.25. The van der Waals surface area contributed by atoms with Gasteiger partial charge in [-0.05, 0) is 30.3 Å². The topological polar surface area (TPSA) is 55.2 Å². The highest BCUT2D eigenvalue weighted by Gasteiger charge is 2.23. The van der Waals surface area contributed by atoms with E-state index in [0.29, 0.717) is 30.2 Å². The largest absolute Gasteiger partial charge is 0.493 e. The van der Waals surface area contributed by atoms with Crippen LogP contribution < -0.4 is 9.47 Å². The summed E-state index contributed by atoms with van der Waals surface area (Å²) < 4.78 is 15.9. The summed E-state index contributed by atoms with van der Waals surface area (Å²) in [6.07, 6.45) is 1.69. The number of hydrogen-bond donors (Lipinski definition) is 0. The highest BCUT2D eigenvalue weighted by molar-refractivity contribution is 5.95. The normalized spacial score (nSPS) is 15.3. The molecular weight excluding hydrogens is 308 g/mol. The molecule has 24 heavy (non-hydrogen) atoms. The molecule has 1 aromatic heterocycles. The van der Waals surface area contributed by atoms with Gasteiger partial charge in [0.05, 0.1) is 27.0 Å². The van der Waals surface area contributed by atoms with Crippen LogP contribution in [0.3, 0.4) is 0 Å². The first-order valence-electron chi connectivity index (χ1n) is 7.97. The second-order valence-electron chi connectivity index (χ2n) is 5.72. The predicted octanol–water partition coefficient (Wildman–Crippen LogP) is 2.25. The van der Waals surface area contributed by atoms with Crippen molar-refractivity contribution in [2.45, 2.75) is 6.54 Å². The summed E-state index contributed by atoms with van der Waals surface area (Å²) in [5.41, 5.74) is 0.618. The molecule has 6 nitrogen and oxygen atoms in total. The number of carbonyl (C=O) groups excluding carboxylic acids is 1. The lowest BCUT2D eigenvalue weighted by molar-refractivity contribution is 0.0620. The average Bonchev–Trinajstić information content (AvgIpc) is 3.14. The van der Waals surface area contributed by atoms with Gasteiger partial charge in [-0.2, -0.15) is 0 Å². The second-order valence-corrected chi connectivity index (χ2v) is 5.72. The first-order chi connectivity index (χ1) is 11.7. The quantitative estimate of drug-likeness (QED) is 0.842. The van der Waals surface area contributed by atoms with E-state index in [2.05, 4.69) is 4.90 Å². The predicted molar refractivity (Wildman–Crippen MR) is 89.4 cm³/mol. The van der Waals surface area contributed by atoms with E-state index in [9.17, 15) is 4.79 Å².